The van der Waals surface area contributed by atoms with Gasteiger partial charge >= 0.3 is 0 Å². The molecule has 0 unspecified atom stereocenters. The number of nitrogens with zero attached hydrogens (tertiary/aromatic N) is 1. The highest BCUT2D eigenvalue weighted by atomic mass is 32.2. The summed E-state index contributed by atoms with van der Waals surface area (Å²) in [5.74, 6) is -0.628. The number of halogens is 1. The molecule has 1 saturated heterocycles. The molecule has 2 rings (SSSR count). The van der Waals surface area contributed by atoms with Gasteiger partial charge in [0.15, 0.2) is 0 Å². The van der Waals surface area contributed by atoms with E-state index < -0.39 is 27.0 Å². The van der Waals surface area contributed by atoms with Gasteiger partial charge in [0.2, 0.25) is 10.0 Å². The molecule has 0 saturated carbocycles. The Labute approximate surface area is 124 Å². The Hall–Kier alpha value is -1.18. The maximum Gasteiger partial charge on any atom is 0.243 e. The zero-order chi connectivity index (χ0) is 16.1. The van der Waals surface area contributed by atoms with Crippen LogP contribution in [0.25, 0.3) is 0 Å². The number of ether oxygens (including phenoxy) is 1. The standard InChI is InChI=1S/C14H21FN2O3S/c1-13(2)8-17(9-14(3,4)20-13)21(18,19)10-5-6-11(15)12(16)7-10/h5-7H,8-9,16H2,1-4H3. The third kappa shape index (κ3) is 3.36. The van der Waals surface area contributed by atoms with E-state index in [-0.39, 0.29) is 23.7 Å². The SMILES string of the molecule is CC1(C)CN(S(=O)(=O)c2ccc(F)c(N)c2)CC(C)(C)O1. The van der Waals surface area contributed by atoms with Crippen LogP contribution in [0, 0.1) is 5.82 Å². The van der Waals surface area contributed by atoms with Crippen LogP contribution in [0.2, 0.25) is 0 Å². The van der Waals surface area contributed by atoms with Gasteiger partial charge in [0.05, 0.1) is 21.8 Å². The zero-order valence-electron chi connectivity index (χ0n) is 12.7. The number of nitrogens with two attached hydrogens (primary N) is 1. The van der Waals surface area contributed by atoms with Crippen molar-refractivity contribution < 1.29 is 17.5 Å². The van der Waals surface area contributed by atoms with Crippen molar-refractivity contribution in [3.05, 3.63) is 24.0 Å². The predicted molar refractivity (Wildman–Crippen MR) is 78.8 cm³/mol. The van der Waals surface area contributed by atoms with Gasteiger partial charge in [-0.05, 0) is 45.9 Å². The first-order valence-corrected chi connectivity index (χ1v) is 8.12. The van der Waals surface area contributed by atoms with Crippen LogP contribution in [0.5, 0.6) is 0 Å². The van der Waals surface area contributed by atoms with E-state index in [1.54, 1.807) is 0 Å². The second-order valence-corrected chi connectivity index (χ2v) is 8.52. The summed E-state index contributed by atoms with van der Waals surface area (Å²) in [4.78, 5) is -0.00472. The largest absolute Gasteiger partial charge is 0.396 e. The maximum absolute atomic E-state index is 13.2. The first-order valence-electron chi connectivity index (χ1n) is 6.68. The van der Waals surface area contributed by atoms with Gasteiger partial charge in [0, 0.05) is 13.1 Å². The van der Waals surface area contributed by atoms with Crippen LogP contribution in [0.1, 0.15) is 27.7 Å². The first-order chi connectivity index (χ1) is 9.43. The lowest BCUT2D eigenvalue weighted by molar-refractivity contribution is -0.163. The quantitative estimate of drug-likeness (QED) is 0.847. The van der Waals surface area contributed by atoms with Gasteiger partial charge in [0.25, 0.3) is 0 Å². The van der Waals surface area contributed by atoms with Gasteiger partial charge in [-0.1, -0.05) is 0 Å². The van der Waals surface area contributed by atoms with E-state index in [1.807, 2.05) is 27.7 Å². The van der Waals surface area contributed by atoms with Crippen molar-refractivity contribution in [3.8, 4) is 0 Å². The Morgan fingerprint density at radius 1 is 1.19 bits per heavy atom. The molecular weight excluding hydrogens is 295 g/mol. The average Bonchev–Trinajstić information content (AvgIpc) is 2.28. The summed E-state index contributed by atoms with van der Waals surface area (Å²) in [6, 6.07) is 3.45. The molecule has 0 spiro atoms. The van der Waals surface area contributed by atoms with Gasteiger partial charge in [-0.2, -0.15) is 4.31 Å². The average molecular weight is 316 g/mol. The van der Waals surface area contributed by atoms with E-state index in [2.05, 4.69) is 0 Å². The number of rotatable bonds is 2. The second kappa shape index (κ2) is 4.93. The molecule has 1 aromatic rings. The summed E-state index contributed by atoms with van der Waals surface area (Å²) in [5, 5.41) is 0. The fourth-order valence-electron chi connectivity index (χ4n) is 2.72. The van der Waals surface area contributed by atoms with Crippen molar-refractivity contribution in [2.45, 2.75) is 43.8 Å². The maximum atomic E-state index is 13.2. The molecule has 1 aliphatic heterocycles. The van der Waals surface area contributed by atoms with Crippen LogP contribution in [-0.2, 0) is 14.8 Å². The minimum Gasteiger partial charge on any atom is -0.396 e. The smallest absolute Gasteiger partial charge is 0.243 e. The van der Waals surface area contributed by atoms with E-state index in [9.17, 15) is 12.8 Å². The summed E-state index contributed by atoms with van der Waals surface area (Å²) in [6.07, 6.45) is 0. The van der Waals surface area contributed by atoms with Crippen LogP contribution in [-0.4, -0.2) is 37.0 Å². The molecule has 5 nitrogen and oxygen atoms in total. The number of anilines is 1. The second-order valence-electron chi connectivity index (χ2n) is 6.58. The molecule has 0 bridgehead atoms. The highest BCUT2D eigenvalue weighted by molar-refractivity contribution is 7.89. The van der Waals surface area contributed by atoms with Crippen molar-refractivity contribution in [2.24, 2.45) is 0 Å². The normalized spacial score (nSPS) is 22.1. The van der Waals surface area contributed by atoms with Crippen molar-refractivity contribution in [3.63, 3.8) is 0 Å². The van der Waals surface area contributed by atoms with Crippen molar-refractivity contribution in [1.82, 2.24) is 4.31 Å². The van der Waals surface area contributed by atoms with Crippen LogP contribution in [0.15, 0.2) is 23.1 Å². The molecule has 1 aliphatic rings. The summed E-state index contributed by atoms with van der Waals surface area (Å²) < 4.78 is 45.9. The first kappa shape index (κ1) is 16.2. The van der Waals surface area contributed by atoms with Gasteiger partial charge in [0.1, 0.15) is 5.82 Å². The zero-order valence-corrected chi connectivity index (χ0v) is 13.5. The van der Waals surface area contributed by atoms with E-state index >= 15 is 0 Å². The van der Waals surface area contributed by atoms with Gasteiger partial charge in [-0.25, -0.2) is 12.8 Å². The van der Waals surface area contributed by atoms with Crippen LogP contribution in [0.3, 0.4) is 0 Å². The molecule has 7 heteroatoms. The minimum absolute atomic E-state index is 0.00472. The monoisotopic (exact) mass is 316 g/mol. The number of hydrogen-bond acceptors (Lipinski definition) is 4. The number of morpholine rings is 1. The van der Waals surface area contributed by atoms with E-state index in [0.29, 0.717) is 0 Å². The molecule has 1 fully saturated rings. The lowest BCUT2D eigenvalue weighted by Crippen LogP contribution is -2.58. The van der Waals surface area contributed by atoms with E-state index in [0.717, 1.165) is 12.1 Å². The van der Waals surface area contributed by atoms with Crippen LogP contribution in [0.4, 0.5) is 10.1 Å². The van der Waals surface area contributed by atoms with Crippen molar-refractivity contribution in [2.75, 3.05) is 18.8 Å². The Kier molecular flexibility index (Phi) is 3.80. The lowest BCUT2D eigenvalue weighted by Gasteiger charge is -2.46. The summed E-state index contributed by atoms with van der Waals surface area (Å²) in [5.41, 5.74) is 4.10. The molecule has 118 valence electrons. The highest BCUT2D eigenvalue weighted by Crippen LogP contribution is 2.32. The molecule has 2 N–H and O–H groups in total. The Morgan fingerprint density at radius 2 is 1.71 bits per heavy atom. The molecule has 1 heterocycles. The summed E-state index contributed by atoms with van der Waals surface area (Å²) in [6.45, 7) is 7.84. The van der Waals surface area contributed by atoms with Crippen molar-refractivity contribution in [1.29, 1.82) is 0 Å². The Balaban J connectivity index is 2.41. The van der Waals surface area contributed by atoms with E-state index in [1.165, 1.54) is 10.4 Å². The predicted octanol–water partition coefficient (Wildman–Crippen LogP) is 1.99. The lowest BCUT2D eigenvalue weighted by atomic mass is 10.0. The highest BCUT2D eigenvalue weighted by Gasteiger charge is 2.43. The molecular formula is C14H21FN2O3S. The Morgan fingerprint density at radius 3 is 2.19 bits per heavy atom. The third-order valence-corrected chi connectivity index (χ3v) is 5.06. The molecule has 0 radical (unpaired) electrons. The number of nitrogen functional groups attached to an aromatic ring is 1. The van der Waals surface area contributed by atoms with Gasteiger partial charge < -0.3 is 10.5 Å². The summed E-state index contributed by atoms with van der Waals surface area (Å²) in [7, 11) is -3.74. The van der Waals surface area contributed by atoms with Gasteiger partial charge in [-0.3, -0.25) is 0 Å². The molecule has 0 atom stereocenters. The fourth-order valence-corrected chi connectivity index (χ4v) is 4.49. The Bertz CT molecular complexity index is 640. The van der Waals surface area contributed by atoms with Crippen LogP contribution < -0.4 is 5.73 Å². The molecule has 1 aromatic carbocycles. The van der Waals surface area contributed by atoms with Crippen LogP contribution >= 0.6 is 0 Å². The fraction of sp³-hybridized carbons (Fsp3) is 0.571. The number of benzene rings is 1. The van der Waals surface area contributed by atoms with Gasteiger partial charge in [-0.15, -0.1) is 0 Å². The topological polar surface area (TPSA) is 72.6 Å². The van der Waals surface area contributed by atoms with E-state index in [4.69, 9.17) is 10.5 Å². The number of hydrogen-bond donors (Lipinski definition) is 1. The van der Waals surface area contributed by atoms with Crippen molar-refractivity contribution >= 4 is 15.7 Å². The number of sulfonamides is 1. The third-order valence-electron chi connectivity index (χ3n) is 3.27. The molecule has 0 aliphatic carbocycles. The molecule has 0 aromatic heterocycles. The molecule has 21 heavy (non-hydrogen) atoms. The molecule has 0 amide bonds. The summed E-state index contributed by atoms with van der Waals surface area (Å²) >= 11 is 0. The minimum atomic E-state index is -3.74.